The Morgan fingerprint density at radius 3 is 2.61 bits per heavy atom. The van der Waals surface area contributed by atoms with E-state index in [0.717, 1.165) is 23.2 Å². The van der Waals surface area contributed by atoms with Crippen LogP contribution in [0.15, 0.2) is 10.7 Å². The van der Waals surface area contributed by atoms with E-state index in [0.29, 0.717) is 6.04 Å². The van der Waals surface area contributed by atoms with Gasteiger partial charge < -0.3 is 5.32 Å². The number of aryl methyl sites for hydroxylation is 1. The number of nitrogens with zero attached hydrogens (tertiary/aromatic N) is 2. The summed E-state index contributed by atoms with van der Waals surface area (Å²) in [5.41, 5.74) is 1.24. The summed E-state index contributed by atoms with van der Waals surface area (Å²) < 4.78 is 3.34. The van der Waals surface area contributed by atoms with Gasteiger partial charge in [0.1, 0.15) is 0 Å². The van der Waals surface area contributed by atoms with E-state index in [1.807, 2.05) is 29.7 Å². The van der Waals surface area contributed by atoms with Gasteiger partial charge in [0, 0.05) is 17.5 Å². The van der Waals surface area contributed by atoms with Crippen LogP contribution in [0.5, 0.6) is 0 Å². The molecule has 1 unspecified atom stereocenters. The van der Waals surface area contributed by atoms with Gasteiger partial charge in [-0.2, -0.15) is 16.9 Å². The highest BCUT2D eigenvalue weighted by Crippen LogP contribution is 2.31. The van der Waals surface area contributed by atoms with Gasteiger partial charge in [-0.05, 0) is 28.9 Å². The molecule has 0 radical (unpaired) electrons. The molecule has 1 aromatic rings. The van der Waals surface area contributed by atoms with Crippen LogP contribution in [0.4, 0.5) is 0 Å². The van der Waals surface area contributed by atoms with E-state index >= 15 is 0 Å². The van der Waals surface area contributed by atoms with E-state index in [4.69, 9.17) is 0 Å². The fourth-order valence-corrected chi connectivity index (χ4v) is 3.27. The molecule has 3 nitrogen and oxygen atoms in total. The van der Waals surface area contributed by atoms with Gasteiger partial charge in [0.15, 0.2) is 0 Å². The molecular weight excluding hydrogens is 310 g/mol. The van der Waals surface area contributed by atoms with Gasteiger partial charge in [-0.15, -0.1) is 0 Å². The lowest BCUT2D eigenvalue weighted by Crippen LogP contribution is -2.28. The Hall–Kier alpha value is 0. The second-order valence-corrected chi connectivity index (χ2v) is 8.13. The molecule has 104 valence electrons. The quantitative estimate of drug-likeness (QED) is 0.859. The second kappa shape index (κ2) is 6.96. The molecule has 0 spiro atoms. The Bertz CT molecular complexity index is 351. The van der Waals surface area contributed by atoms with E-state index in [2.05, 4.69) is 54.0 Å². The molecule has 18 heavy (non-hydrogen) atoms. The van der Waals surface area contributed by atoms with Gasteiger partial charge in [-0.3, -0.25) is 4.68 Å². The first-order valence-electron chi connectivity index (χ1n) is 6.40. The minimum Gasteiger partial charge on any atom is -0.308 e. The number of halogens is 1. The number of nitrogens with one attached hydrogen (secondary N) is 1. The Morgan fingerprint density at radius 2 is 2.17 bits per heavy atom. The minimum absolute atomic E-state index is 0.289. The summed E-state index contributed by atoms with van der Waals surface area (Å²) in [5, 5.41) is 7.92. The van der Waals surface area contributed by atoms with Crippen molar-refractivity contribution >= 4 is 27.7 Å². The second-order valence-electron chi connectivity index (χ2n) is 5.43. The summed E-state index contributed by atoms with van der Waals surface area (Å²) >= 11 is 5.58. The molecule has 0 aliphatic carbocycles. The van der Waals surface area contributed by atoms with Crippen molar-refractivity contribution in [3.63, 3.8) is 0 Å². The fourth-order valence-electron chi connectivity index (χ4n) is 1.70. The van der Waals surface area contributed by atoms with Crippen molar-refractivity contribution in [1.29, 1.82) is 0 Å². The van der Waals surface area contributed by atoms with Crippen molar-refractivity contribution < 1.29 is 0 Å². The zero-order valence-electron chi connectivity index (χ0n) is 12.0. The van der Waals surface area contributed by atoms with Gasteiger partial charge in [-0.1, -0.05) is 27.7 Å². The van der Waals surface area contributed by atoms with Crippen LogP contribution in [0.25, 0.3) is 0 Å². The number of rotatable bonds is 6. The summed E-state index contributed by atoms with van der Waals surface area (Å²) in [5.74, 6) is 1.06. The summed E-state index contributed by atoms with van der Waals surface area (Å²) in [6.07, 6.45) is 3.02. The van der Waals surface area contributed by atoms with Crippen LogP contribution in [0.3, 0.4) is 0 Å². The van der Waals surface area contributed by atoms with Crippen LogP contribution in [-0.2, 0) is 7.05 Å². The van der Waals surface area contributed by atoms with E-state index in [1.54, 1.807) is 0 Å². The molecule has 0 bridgehead atoms. The predicted molar refractivity (Wildman–Crippen MR) is 84.2 cm³/mol. The summed E-state index contributed by atoms with van der Waals surface area (Å²) in [6, 6.07) is 0.344. The average molecular weight is 334 g/mol. The molecule has 0 aliphatic heterocycles. The molecule has 0 aliphatic rings. The maximum absolute atomic E-state index is 4.31. The summed E-state index contributed by atoms with van der Waals surface area (Å²) in [7, 11) is 2.00. The van der Waals surface area contributed by atoms with Crippen molar-refractivity contribution in [2.75, 3.05) is 12.3 Å². The van der Waals surface area contributed by atoms with Crippen LogP contribution in [0, 0.1) is 0 Å². The lowest BCUT2D eigenvalue weighted by Gasteiger charge is -2.24. The third-order valence-electron chi connectivity index (χ3n) is 2.59. The van der Waals surface area contributed by atoms with E-state index in [1.165, 1.54) is 5.69 Å². The Morgan fingerprint density at radius 1 is 1.50 bits per heavy atom. The number of hydrogen-bond acceptors (Lipinski definition) is 3. The molecule has 0 fully saturated rings. The third-order valence-corrected chi connectivity index (χ3v) is 4.57. The Kier molecular flexibility index (Phi) is 6.21. The standard InChI is InChI=1S/C13H24BrN3S/c1-6-7-15-11(9-18-13(2,3)4)12-10(14)8-16-17(12)5/h8,11,15H,6-7,9H2,1-5H3. The monoisotopic (exact) mass is 333 g/mol. The van der Waals surface area contributed by atoms with Gasteiger partial charge >= 0.3 is 0 Å². The highest BCUT2D eigenvalue weighted by atomic mass is 79.9. The first kappa shape index (κ1) is 16.1. The van der Waals surface area contributed by atoms with Crippen molar-refractivity contribution in [2.45, 2.75) is 44.9 Å². The Balaban J connectivity index is 2.78. The molecule has 1 rings (SSSR count). The molecule has 0 saturated heterocycles. The molecule has 5 heteroatoms. The maximum Gasteiger partial charge on any atom is 0.0700 e. The molecule has 1 heterocycles. The molecule has 0 saturated carbocycles. The van der Waals surface area contributed by atoms with Crippen LogP contribution in [-0.4, -0.2) is 26.8 Å². The first-order chi connectivity index (χ1) is 8.35. The van der Waals surface area contributed by atoms with Crippen molar-refractivity contribution in [3.05, 3.63) is 16.4 Å². The summed E-state index contributed by atoms with van der Waals surface area (Å²) in [4.78, 5) is 0. The van der Waals surface area contributed by atoms with Crippen molar-refractivity contribution in [1.82, 2.24) is 15.1 Å². The number of aromatic nitrogens is 2. The normalized spacial score (nSPS) is 13.9. The molecule has 0 amide bonds. The molecule has 1 aromatic heterocycles. The van der Waals surface area contributed by atoms with Gasteiger partial charge in [0.25, 0.3) is 0 Å². The topological polar surface area (TPSA) is 29.9 Å². The number of hydrogen-bond donors (Lipinski definition) is 1. The fraction of sp³-hybridized carbons (Fsp3) is 0.769. The van der Waals surface area contributed by atoms with Gasteiger partial charge in [0.2, 0.25) is 0 Å². The largest absolute Gasteiger partial charge is 0.308 e. The van der Waals surface area contributed by atoms with Crippen LogP contribution < -0.4 is 5.32 Å². The molecule has 0 aromatic carbocycles. The van der Waals surface area contributed by atoms with Crippen LogP contribution in [0.1, 0.15) is 45.9 Å². The van der Waals surface area contributed by atoms with Crippen LogP contribution >= 0.6 is 27.7 Å². The van der Waals surface area contributed by atoms with Gasteiger partial charge in [-0.25, -0.2) is 0 Å². The van der Waals surface area contributed by atoms with E-state index in [-0.39, 0.29) is 4.75 Å². The molecule has 1 atom stereocenters. The lowest BCUT2D eigenvalue weighted by molar-refractivity contribution is 0.532. The third kappa shape index (κ3) is 4.94. The molecule has 1 N–H and O–H groups in total. The van der Waals surface area contributed by atoms with E-state index < -0.39 is 0 Å². The smallest absolute Gasteiger partial charge is 0.0700 e. The average Bonchev–Trinajstić information content (AvgIpc) is 2.59. The SMILES string of the molecule is CCCNC(CSC(C)(C)C)c1c(Br)cnn1C. The number of thioether (sulfide) groups is 1. The zero-order valence-corrected chi connectivity index (χ0v) is 14.4. The lowest BCUT2D eigenvalue weighted by atomic mass is 10.2. The van der Waals surface area contributed by atoms with Crippen LogP contribution in [0.2, 0.25) is 0 Å². The maximum atomic E-state index is 4.31. The highest BCUT2D eigenvalue weighted by molar-refractivity contribution is 9.10. The first-order valence-corrected chi connectivity index (χ1v) is 8.17. The predicted octanol–water partition coefficient (Wildman–Crippen LogP) is 3.76. The highest BCUT2D eigenvalue weighted by Gasteiger charge is 2.21. The minimum atomic E-state index is 0.289. The van der Waals surface area contributed by atoms with Gasteiger partial charge in [0.05, 0.1) is 22.4 Å². The van der Waals surface area contributed by atoms with Crippen molar-refractivity contribution in [3.8, 4) is 0 Å². The zero-order chi connectivity index (χ0) is 13.8. The Labute approximate surface area is 123 Å². The molecular formula is C13H24BrN3S. The van der Waals surface area contributed by atoms with Crippen molar-refractivity contribution in [2.24, 2.45) is 7.05 Å². The summed E-state index contributed by atoms with van der Waals surface area (Å²) in [6.45, 7) is 10.00. The van der Waals surface area contributed by atoms with E-state index in [9.17, 15) is 0 Å².